The Hall–Kier alpha value is -0.340. The quantitative estimate of drug-likeness (QED) is 0.629. The van der Waals surface area contributed by atoms with Gasteiger partial charge in [0.2, 0.25) is 0 Å². The molecule has 0 amide bonds. The van der Waals surface area contributed by atoms with Crippen molar-refractivity contribution in [3.63, 3.8) is 0 Å². The first-order valence-corrected chi connectivity index (χ1v) is 6.92. The van der Waals surface area contributed by atoms with Crippen LogP contribution in [0.3, 0.4) is 0 Å². The predicted molar refractivity (Wildman–Crippen MR) is 74.8 cm³/mol. The summed E-state index contributed by atoms with van der Waals surface area (Å²) in [6, 6.07) is 0. The Bertz CT molecular complexity index is 453. The van der Waals surface area contributed by atoms with Crippen molar-refractivity contribution in [1.29, 1.82) is 0 Å². The first-order valence-electron chi connectivity index (χ1n) is 5.31. The van der Waals surface area contributed by atoms with E-state index in [9.17, 15) is 4.79 Å². The number of anilines is 1. The van der Waals surface area contributed by atoms with Gasteiger partial charge in [0, 0.05) is 13.1 Å². The van der Waals surface area contributed by atoms with Gasteiger partial charge in [-0.2, -0.15) is 0 Å². The van der Waals surface area contributed by atoms with Crippen molar-refractivity contribution in [3.05, 3.63) is 20.3 Å². The highest BCUT2D eigenvalue weighted by Gasteiger charge is 2.27. The zero-order chi connectivity index (χ0) is 12.4. The van der Waals surface area contributed by atoms with Crippen LogP contribution in [0.4, 0.5) is 5.82 Å². The van der Waals surface area contributed by atoms with Crippen molar-refractivity contribution < 1.29 is 4.74 Å². The van der Waals surface area contributed by atoms with Gasteiger partial charge in [0.15, 0.2) is 0 Å². The smallest absolute Gasteiger partial charge is 0.266 e. The summed E-state index contributed by atoms with van der Waals surface area (Å²) < 4.78 is 6.27. The van der Waals surface area contributed by atoms with Crippen LogP contribution in [0.25, 0.3) is 0 Å². The first-order chi connectivity index (χ1) is 8.11. The van der Waals surface area contributed by atoms with Crippen LogP contribution < -0.4 is 10.5 Å². The SMILES string of the molecule is CC1CN(c2nc[nH]c(=O)c2I)CC(CCl)O1. The first kappa shape index (κ1) is 13.1. The van der Waals surface area contributed by atoms with E-state index in [2.05, 4.69) is 14.9 Å². The standard InChI is InChI=1S/C10H13ClIN3O2/c1-6-3-15(4-7(2-11)17-6)9-8(12)10(16)14-5-13-9/h5-7H,2-4H2,1H3,(H,13,14,16). The van der Waals surface area contributed by atoms with Gasteiger partial charge in [-0.1, -0.05) is 0 Å². The molecule has 1 saturated heterocycles. The van der Waals surface area contributed by atoms with Gasteiger partial charge >= 0.3 is 0 Å². The van der Waals surface area contributed by atoms with Gasteiger partial charge in [0.25, 0.3) is 5.56 Å². The van der Waals surface area contributed by atoms with E-state index in [1.54, 1.807) is 0 Å². The van der Waals surface area contributed by atoms with Crippen LogP contribution in [0.5, 0.6) is 0 Å². The Morgan fingerprint density at radius 3 is 3.18 bits per heavy atom. The van der Waals surface area contributed by atoms with Crippen molar-refractivity contribution in [2.75, 3.05) is 23.9 Å². The molecule has 0 saturated carbocycles. The fourth-order valence-corrected chi connectivity index (χ4v) is 2.70. The lowest BCUT2D eigenvalue weighted by Gasteiger charge is -2.36. The number of H-pyrrole nitrogens is 1. The lowest BCUT2D eigenvalue weighted by Crippen LogP contribution is -2.48. The Balaban J connectivity index is 2.27. The molecule has 1 aromatic heterocycles. The van der Waals surface area contributed by atoms with Gasteiger partial charge < -0.3 is 14.6 Å². The van der Waals surface area contributed by atoms with Crippen molar-refractivity contribution >= 4 is 40.0 Å². The molecule has 94 valence electrons. The number of rotatable bonds is 2. The van der Waals surface area contributed by atoms with E-state index in [1.807, 2.05) is 29.5 Å². The molecule has 1 aromatic rings. The topological polar surface area (TPSA) is 58.2 Å². The fourth-order valence-electron chi connectivity index (χ4n) is 1.90. The Morgan fingerprint density at radius 1 is 1.71 bits per heavy atom. The number of alkyl halides is 1. The monoisotopic (exact) mass is 369 g/mol. The number of halogens is 2. The van der Waals surface area contributed by atoms with E-state index < -0.39 is 0 Å². The lowest BCUT2D eigenvalue weighted by atomic mass is 10.2. The van der Waals surface area contributed by atoms with Crippen LogP contribution in [0.2, 0.25) is 0 Å². The molecule has 2 unspecified atom stereocenters. The van der Waals surface area contributed by atoms with Crippen molar-refractivity contribution in [2.24, 2.45) is 0 Å². The highest BCUT2D eigenvalue weighted by molar-refractivity contribution is 14.1. The van der Waals surface area contributed by atoms with E-state index in [0.29, 0.717) is 21.8 Å². The number of nitrogens with zero attached hydrogens (tertiary/aromatic N) is 2. The molecule has 2 heterocycles. The van der Waals surface area contributed by atoms with E-state index in [1.165, 1.54) is 6.33 Å². The third-order valence-corrected chi connectivity index (χ3v) is 3.89. The van der Waals surface area contributed by atoms with Crippen LogP contribution >= 0.6 is 34.2 Å². The van der Waals surface area contributed by atoms with Crippen LogP contribution in [-0.4, -0.2) is 41.1 Å². The van der Waals surface area contributed by atoms with Crippen LogP contribution in [-0.2, 0) is 4.74 Å². The minimum absolute atomic E-state index is 0.0164. The van der Waals surface area contributed by atoms with Gasteiger partial charge in [-0.25, -0.2) is 4.98 Å². The van der Waals surface area contributed by atoms with Crippen molar-refractivity contribution in [3.8, 4) is 0 Å². The zero-order valence-corrected chi connectivity index (χ0v) is 12.2. The van der Waals surface area contributed by atoms with Gasteiger partial charge in [-0.05, 0) is 29.5 Å². The van der Waals surface area contributed by atoms with Gasteiger partial charge in [0.1, 0.15) is 9.39 Å². The second-order valence-electron chi connectivity index (χ2n) is 4.00. The molecule has 2 rings (SSSR count). The number of aromatic amines is 1. The summed E-state index contributed by atoms with van der Waals surface area (Å²) in [6.45, 7) is 3.38. The molecule has 1 aliphatic heterocycles. The minimum Gasteiger partial charge on any atom is -0.370 e. The summed E-state index contributed by atoms with van der Waals surface area (Å²) in [7, 11) is 0. The highest BCUT2D eigenvalue weighted by atomic mass is 127. The summed E-state index contributed by atoms with van der Waals surface area (Å²) >= 11 is 7.84. The third-order valence-electron chi connectivity index (χ3n) is 2.58. The van der Waals surface area contributed by atoms with E-state index in [4.69, 9.17) is 16.3 Å². The number of hydrogen-bond acceptors (Lipinski definition) is 4. The number of aromatic nitrogens is 2. The normalized spacial score (nSPS) is 25.0. The van der Waals surface area contributed by atoms with E-state index in [-0.39, 0.29) is 17.8 Å². The van der Waals surface area contributed by atoms with Gasteiger partial charge in [-0.3, -0.25) is 4.79 Å². The van der Waals surface area contributed by atoms with Gasteiger partial charge in [-0.15, -0.1) is 11.6 Å². The molecule has 1 fully saturated rings. The van der Waals surface area contributed by atoms with Crippen LogP contribution in [0.15, 0.2) is 11.1 Å². The molecule has 17 heavy (non-hydrogen) atoms. The molecule has 0 radical (unpaired) electrons. The summed E-state index contributed by atoms with van der Waals surface area (Å²) in [6.07, 6.45) is 1.50. The second-order valence-corrected chi connectivity index (χ2v) is 5.38. The Labute approximate surface area is 118 Å². The molecular formula is C10H13ClIN3O2. The Morgan fingerprint density at radius 2 is 2.47 bits per heavy atom. The molecule has 1 N–H and O–H groups in total. The maximum atomic E-state index is 11.5. The maximum absolute atomic E-state index is 11.5. The van der Waals surface area contributed by atoms with Crippen LogP contribution in [0.1, 0.15) is 6.92 Å². The summed E-state index contributed by atoms with van der Waals surface area (Å²) in [5.74, 6) is 1.15. The predicted octanol–water partition coefficient (Wildman–Crippen LogP) is 1.21. The molecule has 1 aliphatic rings. The van der Waals surface area contributed by atoms with E-state index >= 15 is 0 Å². The molecule has 0 spiro atoms. The minimum atomic E-state index is -0.114. The summed E-state index contributed by atoms with van der Waals surface area (Å²) in [5, 5.41) is 0. The zero-order valence-electron chi connectivity index (χ0n) is 9.32. The van der Waals surface area contributed by atoms with Crippen molar-refractivity contribution in [1.82, 2.24) is 9.97 Å². The maximum Gasteiger partial charge on any atom is 0.266 e. The van der Waals surface area contributed by atoms with Crippen LogP contribution in [0, 0.1) is 3.57 Å². The fraction of sp³-hybridized carbons (Fsp3) is 0.600. The number of nitrogens with one attached hydrogen (secondary N) is 1. The molecule has 0 bridgehead atoms. The molecule has 0 aliphatic carbocycles. The molecule has 2 atom stereocenters. The molecule has 0 aromatic carbocycles. The molecular weight excluding hydrogens is 356 g/mol. The second kappa shape index (κ2) is 5.53. The number of ether oxygens (including phenoxy) is 1. The average Bonchev–Trinajstić information content (AvgIpc) is 2.31. The van der Waals surface area contributed by atoms with Crippen molar-refractivity contribution in [2.45, 2.75) is 19.1 Å². The van der Waals surface area contributed by atoms with E-state index in [0.717, 1.165) is 6.54 Å². The lowest BCUT2D eigenvalue weighted by molar-refractivity contribution is -0.00363. The number of morpholine rings is 1. The molecule has 5 nitrogen and oxygen atoms in total. The largest absolute Gasteiger partial charge is 0.370 e. The summed E-state index contributed by atoms with van der Waals surface area (Å²) in [4.78, 5) is 20.4. The average molecular weight is 370 g/mol. The van der Waals surface area contributed by atoms with Gasteiger partial charge in [0.05, 0.1) is 24.4 Å². The molecule has 7 heteroatoms. The number of hydrogen-bond donors (Lipinski definition) is 1. The Kier molecular flexibility index (Phi) is 4.26. The highest BCUT2D eigenvalue weighted by Crippen LogP contribution is 2.21. The summed E-state index contributed by atoms with van der Waals surface area (Å²) in [5.41, 5.74) is -0.114. The third kappa shape index (κ3) is 2.92.